The Bertz CT molecular complexity index is 787. The molecule has 0 bridgehead atoms. The summed E-state index contributed by atoms with van der Waals surface area (Å²) in [5, 5.41) is 14.8. The number of anilines is 1. The summed E-state index contributed by atoms with van der Waals surface area (Å²) < 4.78 is 6.25. The van der Waals surface area contributed by atoms with Gasteiger partial charge in [-0.15, -0.1) is 6.42 Å². The fourth-order valence-corrected chi connectivity index (χ4v) is 2.33. The summed E-state index contributed by atoms with van der Waals surface area (Å²) in [7, 11) is 0. The Morgan fingerprint density at radius 2 is 2.35 bits per heavy atom. The summed E-state index contributed by atoms with van der Waals surface area (Å²) in [5.74, 6) is 3.17. The predicted octanol–water partition coefficient (Wildman–Crippen LogP) is 3.05. The third-order valence-electron chi connectivity index (χ3n) is 2.63. The van der Waals surface area contributed by atoms with E-state index in [1.165, 1.54) is 24.5 Å². The molecule has 0 amide bonds. The van der Waals surface area contributed by atoms with E-state index >= 15 is 0 Å². The molecule has 2 aromatic rings. The molecule has 2 rings (SSSR count). The normalized spacial score (nSPS) is 10.3. The van der Waals surface area contributed by atoms with Crippen molar-refractivity contribution in [1.29, 1.82) is 0 Å². The van der Waals surface area contributed by atoms with E-state index in [1.54, 1.807) is 12.1 Å². The first-order valence-corrected chi connectivity index (χ1v) is 7.44. The molecule has 0 fully saturated rings. The molecule has 7 nitrogen and oxygen atoms in total. The predicted molar refractivity (Wildman–Crippen MR) is 95.6 cm³/mol. The van der Waals surface area contributed by atoms with E-state index in [-0.39, 0.29) is 18.1 Å². The Labute approximate surface area is 146 Å². The number of nitrogens with zero attached hydrogens (tertiary/aromatic N) is 3. The molecule has 116 valence electrons. The van der Waals surface area contributed by atoms with Crippen LogP contribution in [0.3, 0.4) is 0 Å². The van der Waals surface area contributed by atoms with Crippen molar-refractivity contribution in [3.05, 3.63) is 55.8 Å². The second-order valence-electron chi connectivity index (χ2n) is 4.18. The van der Waals surface area contributed by atoms with Crippen LogP contribution in [0.1, 0.15) is 5.56 Å². The van der Waals surface area contributed by atoms with E-state index in [4.69, 9.17) is 11.2 Å². The Hall–Kier alpha value is -2.67. The van der Waals surface area contributed by atoms with Gasteiger partial charge < -0.3 is 4.74 Å². The first-order chi connectivity index (χ1) is 11.1. The van der Waals surface area contributed by atoms with Crippen LogP contribution in [-0.2, 0) is 0 Å². The smallest absolute Gasteiger partial charge is 0.313 e. The van der Waals surface area contributed by atoms with Crippen LogP contribution in [-0.4, -0.2) is 22.7 Å². The molecule has 1 aromatic heterocycles. The average molecular weight is 422 g/mol. The Balaban J connectivity index is 2.08. The van der Waals surface area contributed by atoms with Crippen molar-refractivity contribution in [2.24, 2.45) is 5.10 Å². The number of halogens is 1. The van der Waals surface area contributed by atoms with E-state index in [0.717, 1.165) is 9.13 Å². The topological polar surface area (TPSA) is 89.7 Å². The van der Waals surface area contributed by atoms with Gasteiger partial charge in [-0.05, 0) is 52.4 Å². The van der Waals surface area contributed by atoms with Gasteiger partial charge in [0.15, 0.2) is 0 Å². The largest absolute Gasteiger partial charge is 0.480 e. The molecule has 8 heteroatoms. The van der Waals surface area contributed by atoms with Crippen molar-refractivity contribution in [2.75, 3.05) is 12.0 Å². The molecule has 0 saturated carbocycles. The molecular formula is C15H11IN4O3. The summed E-state index contributed by atoms with van der Waals surface area (Å²) in [6.45, 7) is 0.203. The van der Waals surface area contributed by atoms with Gasteiger partial charge in [0.2, 0.25) is 5.82 Å². The van der Waals surface area contributed by atoms with E-state index in [9.17, 15) is 10.1 Å². The van der Waals surface area contributed by atoms with Crippen LogP contribution < -0.4 is 10.2 Å². The van der Waals surface area contributed by atoms with Crippen molar-refractivity contribution in [1.82, 2.24) is 4.98 Å². The van der Waals surface area contributed by atoms with E-state index in [1.807, 2.05) is 6.07 Å². The molecule has 0 aliphatic rings. The zero-order valence-corrected chi connectivity index (χ0v) is 13.9. The third kappa shape index (κ3) is 4.65. The van der Waals surface area contributed by atoms with E-state index in [2.05, 4.69) is 44.0 Å². The van der Waals surface area contributed by atoms with Gasteiger partial charge in [-0.2, -0.15) is 5.10 Å². The van der Waals surface area contributed by atoms with E-state index in [0.29, 0.717) is 5.75 Å². The van der Waals surface area contributed by atoms with Gasteiger partial charge in [0.05, 0.1) is 14.7 Å². The number of rotatable bonds is 6. The number of aromatic nitrogens is 1. The summed E-state index contributed by atoms with van der Waals surface area (Å²) >= 11 is 2.13. The number of hydrazone groups is 1. The first kappa shape index (κ1) is 16.7. The minimum absolute atomic E-state index is 0.0809. The Morgan fingerprint density at radius 1 is 1.52 bits per heavy atom. The minimum Gasteiger partial charge on any atom is -0.480 e. The summed E-state index contributed by atoms with van der Waals surface area (Å²) in [4.78, 5) is 14.2. The van der Waals surface area contributed by atoms with Crippen molar-refractivity contribution in [3.8, 4) is 18.1 Å². The van der Waals surface area contributed by atoms with E-state index < -0.39 is 4.92 Å². The number of ether oxygens (including phenoxy) is 1. The fraction of sp³-hybridized carbons (Fsp3) is 0.0667. The summed E-state index contributed by atoms with van der Waals surface area (Å²) in [6.07, 6.45) is 8.13. The van der Waals surface area contributed by atoms with Gasteiger partial charge >= 0.3 is 5.69 Å². The molecule has 1 N–H and O–H groups in total. The highest BCUT2D eigenvalue weighted by atomic mass is 127. The van der Waals surface area contributed by atoms with Gasteiger partial charge in [-0.3, -0.25) is 15.5 Å². The average Bonchev–Trinajstić information content (AvgIpc) is 2.54. The number of hydrogen-bond acceptors (Lipinski definition) is 6. The summed E-state index contributed by atoms with van der Waals surface area (Å²) in [6, 6.07) is 8.27. The molecule has 0 spiro atoms. The Kier molecular flexibility index (Phi) is 5.87. The monoisotopic (exact) mass is 422 g/mol. The number of pyridine rings is 1. The van der Waals surface area contributed by atoms with Crippen molar-refractivity contribution >= 4 is 40.3 Å². The highest BCUT2D eigenvalue weighted by Gasteiger charge is 2.12. The maximum Gasteiger partial charge on any atom is 0.313 e. The van der Waals surface area contributed by atoms with Gasteiger partial charge in [0.25, 0.3) is 0 Å². The molecule has 0 unspecified atom stereocenters. The van der Waals surface area contributed by atoms with Crippen LogP contribution in [0.5, 0.6) is 5.75 Å². The van der Waals surface area contributed by atoms with Crippen molar-refractivity contribution < 1.29 is 9.66 Å². The lowest BCUT2D eigenvalue weighted by Gasteiger charge is -2.05. The SMILES string of the molecule is C#CCOc1ccc(/C=N\Nc2ncccc2[N+](=O)[O-])cc1I. The number of benzene rings is 1. The van der Waals surface area contributed by atoms with Crippen LogP contribution in [0, 0.1) is 26.0 Å². The highest BCUT2D eigenvalue weighted by molar-refractivity contribution is 14.1. The molecule has 1 aromatic carbocycles. The maximum atomic E-state index is 10.9. The molecule has 0 atom stereocenters. The molecule has 0 aliphatic carbocycles. The molecule has 23 heavy (non-hydrogen) atoms. The number of nitro groups is 1. The van der Waals surface area contributed by atoms with Crippen molar-refractivity contribution in [2.45, 2.75) is 0 Å². The first-order valence-electron chi connectivity index (χ1n) is 6.36. The lowest BCUT2D eigenvalue weighted by atomic mass is 10.2. The third-order valence-corrected chi connectivity index (χ3v) is 3.48. The van der Waals surface area contributed by atoms with Crippen LogP contribution in [0.15, 0.2) is 41.6 Å². The van der Waals surface area contributed by atoms with Gasteiger partial charge in [-0.25, -0.2) is 4.98 Å². The van der Waals surface area contributed by atoms with Crippen LogP contribution in [0.2, 0.25) is 0 Å². The van der Waals surface area contributed by atoms with Gasteiger partial charge in [-0.1, -0.05) is 5.92 Å². The number of terminal acetylenes is 1. The molecule has 0 aliphatic heterocycles. The maximum absolute atomic E-state index is 10.9. The zero-order valence-electron chi connectivity index (χ0n) is 11.8. The minimum atomic E-state index is -0.522. The lowest BCUT2D eigenvalue weighted by molar-refractivity contribution is -0.384. The van der Waals surface area contributed by atoms with Crippen molar-refractivity contribution in [3.63, 3.8) is 0 Å². The van der Waals surface area contributed by atoms with Crippen LogP contribution >= 0.6 is 22.6 Å². The molecule has 0 radical (unpaired) electrons. The Morgan fingerprint density at radius 3 is 3.04 bits per heavy atom. The van der Waals surface area contributed by atoms with Gasteiger partial charge in [0.1, 0.15) is 12.4 Å². The van der Waals surface area contributed by atoms with Gasteiger partial charge in [0, 0.05) is 12.3 Å². The molecular weight excluding hydrogens is 411 g/mol. The summed E-state index contributed by atoms with van der Waals surface area (Å²) in [5.41, 5.74) is 3.23. The quantitative estimate of drug-likeness (QED) is 0.254. The van der Waals surface area contributed by atoms with Crippen LogP contribution in [0.25, 0.3) is 0 Å². The zero-order chi connectivity index (χ0) is 16.7. The standard InChI is InChI=1S/C15H11IN4O3/c1-2-8-23-14-6-5-11(9-12(14)16)10-18-19-15-13(20(21)22)4-3-7-17-15/h1,3-7,9-10H,8H2,(H,17,19)/b18-10-. The second-order valence-corrected chi connectivity index (χ2v) is 5.34. The highest BCUT2D eigenvalue weighted by Crippen LogP contribution is 2.22. The second kappa shape index (κ2) is 8.09. The van der Waals surface area contributed by atoms with Crippen LogP contribution in [0.4, 0.5) is 11.5 Å². The number of hydrogen-bond donors (Lipinski definition) is 1. The molecule has 0 saturated heterocycles. The number of nitrogens with one attached hydrogen (secondary N) is 1. The molecule has 1 heterocycles. The lowest BCUT2D eigenvalue weighted by Crippen LogP contribution is -1.99. The fourth-order valence-electron chi connectivity index (χ4n) is 1.63.